The summed E-state index contributed by atoms with van der Waals surface area (Å²) in [7, 11) is 0. The van der Waals surface area contributed by atoms with Crippen molar-refractivity contribution in [1.29, 1.82) is 0 Å². The lowest BCUT2D eigenvalue weighted by molar-refractivity contribution is -0.120. The number of nitrogens with zero attached hydrogens (tertiary/aromatic N) is 2. The smallest absolute Gasteiger partial charge is 0.258 e. The van der Waals surface area contributed by atoms with Gasteiger partial charge in [-0.1, -0.05) is 44.2 Å². The lowest BCUT2D eigenvalue weighted by Crippen LogP contribution is -2.63. The summed E-state index contributed by atoms with van der Waals surface area (Å²) in [6.45, 7) is 7.88. The molecule has 6 heteroatoms. The molecule has 1 atom stereocenters. The number of hydrogen-bond acceptors (Lipinski definition) is 3. The van der Waals surface area contributed by atoms with E-state index in [0.717, 1.165) is 16.8 Å². The minimum absolute atomic E-state index is 0.0242. The molecule has 0 aromatic heterocycles. The highest BCUT2D eigenvalue weighted by Crippen LogP contribution is 2.43. The normalized spacial score (nSPS) is 20.4. The van der Waals surface area contributed by atoms with Gasteiger partial charge in [-0.05, 0) is 49.4 Å². The van der Waals surface area contributed by atoms with E-state index in [4.69, 9.17) is 0 Å². The second kappa shape index (κ2) is 7.27. The van der Waals surface area contributed by atoms with Crippen LogP contribution in [0.1, 0.15) is 61.0 Å². The maximum Gasteiger partial charge on any atom is 0.258 e. The van der Waals surface area contributed by atoms with E-state index in [1.54, 1.807) is 28.0 Å². The molecule has 0 spiro atoms. The van der Waals surface area contributed by atoms with Crippen LogP contribution in [-0.2, 0) is 9.59 Å². The van der Waals surface area contributed by atoms with Gasteiger partial charge < -0.3 is 10.2 Å². The fraction of sp³-hybridized carbons (Fsp3) is 0.375. The Hall–Kier alpha value is -3.15. The molecule has 2 aliphatic heterocycles. The second-order valence-corrected chi connectivity index (χ2v) is 8.60. The molecule has 2 aromatic carbocycles. The van der Waals surface area contributed by atoms with Crippen molar-refractivity contribution >= 4 is 29.1 Å². The third-order valence-electron chi connectivity index (χ3n) is 6.24. The summed E-state index contributed by atoms with van der Waals surface area (Å²) in [5, 5.41) is 3.02. The molecule has 2 aromatic rings. The van der Waals surface area contributed by atoms with Crippen molar-refractivity contribution in [3.63, 3.8) is 0 Å². The Morgan fingerprint density at radius 2 is 1.87 bits per heavy atom. The molecule has 2 aliphatic rings. The summed E-state index contributed by atoms with van der Waals surface area (Å²) < 4.78 is 0. The molecular weight excluding hydrogens is 378 g/mol. The van der Waals surface area contributed by atoms with Gasteiger partial charge in [0.05, 0.1) is 11.3 Å². The standard InChI is InChI=1S/C24H27N3O3/c1-15(2)17-10-7-8-16(3)22(17)25-20(28)14-26-23(30)18-9-5-6-11-19(18)27-21(29)12-13-24(26,27)4/h5-11,15H,12-14H2,1-4H3,(H,25,28). The summed E-state index contributed by atoms with van der Waals surface area (Å²) in [6, 6.07) is 13.1. The number of fused-ring (bicyclic) bond motifs is 3. The summed E-state index contributed by atoms with van der Waals surface area (Å²) >= 11 is 0. The number of benzene rings is 2. The van der Waals surface area contributed by atoms with Gasteiger partial charge in [0.25, 0.3) is 5.91 Å². The summed E-state index contributed by atoms with van der Waals surface area (Å²) in [5.41, 5.74) is 3.08. The Bertz CT molecular complexity index is 1050. The zero-order valence-electron chi connectivity index (χ0n) is 17.9. The van der Waals surface area contributed by atoms with E-state index in [-0.39, 0.29) is 30.2 Å². The lowest BCUT2D eigenvalue weighted by atomic mass is 9.97. The minimum Gasteiger partial charge on any atom is -0.324 e. The van der Waals surface area contributed by atoms with Gasteiger partial charge in [0.1, 0.15) is 12.2 Å². The summed E-state index contributed by atoms with van der Waals surface area (Å²) in [4.78, 5) is 42.3. The molecule has 0 radical (unpaired) electrons. The highest BCUT2D eigenvalue weighted by Gasteiger charge is 2.53. The van der Waals surface area contributed by atoms with Crippen molar-refractivity contribution in [1.82, 2.24) is 4.90 Å². The van der Waals surface area contributed by atoms with Crippen LogP contribution in [0.15, 0.2) is 42.5 Å². The molecule has 0 saturated carbocycles. The number of nitrogens with one attached hydrogen (secondary N) is 1. The third kappa shape index (κ3) is 3.07. The van der Waals surface area contributed by atoms with Crippen LogP contribution in [0.2, 0.25) is 0 Å². The van der Waals surface area contributed by atoms with Gasteiger partial charge in [-0.3, -0.25) is 19.3 Å². The number of rotatable bonds is 4. The molecule has 0 aliphatic carbocycles. The molecule has 1 unspecified atom stereocenters. The van der Waals surface area contributed by atoms with Crippen LogP contribution in [-0.4, -0.2) is 34.8 Å². The van der Waals surface area contributed by atoms with Crippen LogP contribution in [0, 0.1) is 6.92 Å². The number of hydrogen-bond donors (Lipinski definition) is 1. The maximum atomic E-state index is 13.3. The first-order valence-electron chi connectivity index (χ1n) is 10.4. The topological polar surface area (TPSA) is 69.7 Å². The van der Waals surface area contributed by atoms with Gasteiger partial charge in [0.2, 0.25) is 11.8 Å². The quantitative estimate of drug-likeness (QED) is 0.834. The van der Waals surface area contributed by atoms with Crippen LogP contribution in [0.5, 0.6) is 0 Å². The molecule has 156 valence electrons. The van der Waals surface area contributed by atoms with Crippen LogP contribution in [0.3, 0.4) is 0 Å². The van der Waals surface area contributed by atoms with Gasteiger partial charge in [-0.25, -0.2) is 0 Å². The van der Waals surface area contributed by atoms with Crippen LogP contribution >= 0.6 is 0 Å². The number of carbonyl (C=O) groups is 3. The van der Waals surface area contributed by atoms with Gasteiger partial charge in [-0.2, -0.15) is 0 Å². The molecule has 0 bridgehead atoms. The zero-order valence-corrected chi connectivity index (χ0v) is 17.9. The SMILES string of the molecule is Cc1cccc(C(C)C)c1NC(=O)CN1C(=O)c2ccccc2N2C(=O)CCC12C. The number of anilines is 2. The molecule has 1 saturated heterocycles. The molecule has 3 amide bonds. The van der Waals surface area contributed by atoms with Gasteiger partial charge in [-0.15, -0.1) is 0 Å². The Labute approximate surface area is 176 Å². The lowest BCUT2D eigenvalue weighted by Gasteiger charge is -2.48. The van der Waals surface area contributed by atoms with E-state index >= 15 is 0 Å². The number of aryl methyl sites for hydroxylation is 1. The molecule has 1 fully saturated rings. The fourth-order valence-electron chi connectivity index (χ4n) is 4.61. The first kappa shape index (κ1) is 20.1. The second-order valence-electron chi connectivity index (χ2n) is 8.60. The van der Waals surface area contributed by atoms with Crippen molar-refractivity contribution in [3.05, 3.63) is 59.2 Å². The van der Waals surface area contributed by atoms with Crippen molar-refractivity contribution in [2.45, 2.75) is 52.1 Å². The predicted molar refractivity (Wildman–Crippen MR) is 117 cm³/mol. The maximum absolute atomic E-state index is 13.3. The number of amides is 3. The summed E-state index contributed by atoms with van der Waals surface area (Å²) in [5.74, 6) is -0.254. The van der Waals surface area contributed by atoms with Crippen molar-refractivity contribution < 1.29 is 14.4 Å². The average Bonchev–Trinajstić information content (AvgIpc) is 3.02. The first-order valence-corrected chi connectivity index (χ1v) is 10.4. The van der Waals surface area contributed by atoms with E-state index in [1.807, 2.05) is 38.1 Å². The zero-order chi connectivity index (χ0) is 21.6. The minimum atomic E-state index is -0.841. The molecule has 6 nitrogen and oxygen atoms in total. The number of para-hydroxylation sites is 2. The van der Waals surface area contributed by atoms with Crippen LogP contribution in [0.4, 0.5) is 11.4 Å². The van der Waals surface area contributed by atoms with Gasteiger partial charge in [0.15, 0.2) is 0 Å². The predicted octanol–water partition coefficient (Wildman–Crippen LogP) is 4.06. The Kier molecular flexibility index (Phi) is 4.88. The largest absolute Gasteiger partial charge is 0.324 e. The van der Waals surface area contributed by atoms with Gasteiger partial charge in [0, 0.05) is 12.1 Å². The third-order valence-corrected chi connectivity index (χ3v) is 6.24. The Morgan fingerprint density at radius 3 is 2.60 bits per heavy atom. The highest BCUT2D eigenvalue weighted by molar-refractivity contribution is 6.11. The molecule has 4 rings (SSSR count). The Balaban J connectivity index is 1.66. The molecule has 1 N–H and O–H groups in total. The van der Waals surface area contributed by atoms with E-state index < -0.39 is 5.66 Å². The van der Waals surface area contributed by atoms with E-state index in [2.05, 4.69) is 19.2 Å². The van der Waals surface area contributed by atoms with Gasteiger partial charge >= 0.3 is 0 Å². The molecular formula is C24H27N3O3. The summed E-state index contributed by atoms with van der Waals surface area (Å²) in [6.07, 6.45) is 0.853. The van der Waals surface area contributed by atoms with Crippen LogP contribution < -0.4 is 10.2 Å². The van der Waals surface area contributed by atoms with E-state index in [9.17, 15) is 14.4 Å². The molecule has 2 heterocycles. The molecule has 30 heavy (non-hydrogen) atoms. The number of carbonyl (C=O) groups excluding carboxylic acids is 3. The van der Waals surface area contributed by atoms with Crippen molar-refractivity contribution in [2.24, 2.45) is 0 Å². The van der Waals surface area contributed by atoms with Crippen LogP contribution in [0.25, 0.3) is 0 Å². The average molecular weight is 405 g/mol. The fourth-order valence-corrected chi connectivity index (χ4v) is 4.61. The van der Waals surface area contributed by atoms with Crippen molar-refractivity contribution in [3.8, 4) is 0 Å². The first-order chi connectivity index (χ1) is 14.2. The van der Waals surface area contributed by atoms with E-state index in [1.165, 1.54) is 0 Å². The van der Waals surface area contributed by atoms with E-state index in [0.29, 0.717) is 24.1 Å². The van der Waals surface area contributed by atoms with Crippen molar-refractivity contribution in [2.75, 3.05) is 16.8 Å². The highest BCUT2D eigenvalue weighted by atomic mass is 16.2. The Morgan fingerprint density at radius 1 is 1.13 bits per heavy atom. The monoisotopic (exact) mass is 405 g/mol.